The van der Waals surface area contributed by atoms with E-state index in [9.17, 15) is 0 Å². The summed E-state index contributed by atoms with van der Waals surface area (Å²) >= 11 is 0. The Morgan fingerprint density at radius 1 is 1.20 bits per heavy atom. The molecule has 2 fully saturated rings. The lowest BCUT2D eigenvalue weighted by Crippen LogP contribution is -2.38. The van der Waals surface area contributed by atoms with Crippen LogP contribution in [0.1, 0.15) is 65.7 Å². The molecule has 0 saturated heterocycles. The van der Waals surface area contributed by atoms with Crippen LogP contribution in [-0.2, 0) is 0 Å². The monoisotopic (exact) mass is 209 g/mol. The first-order chi connectivity index (χ1) is 6.98. The van der Waals surface area contributed by atoms with E-state index in [2.05, 4.69) is 20.8 Å². The van der Waals surface area contributed by atoms with Gasteiger partial charge in [-0.25, -0.2) is 0 Å². The normalized spacial score (nSPS) is 40.4. The van der Waals surface area contributed by atoms with Crippen molar-refractivity contribution in [2.45, 2.75) is 71.3 Å². The van der Waals surface area contributed by atoms with Gasteiger partial charge in [-0.3, -0.25) is 0 Å². The quantitative estimate of drug-likeness (QED) is 0.753. The number of hydrogen-bond acceptors (Lipinski definition) is 1. The van der Waals surface area contributed by atoms with E-state index < -0.39 is 0 Å². The van der Waals surface area contributed by atoms with Crippen LogP contribution in [0.2, 0.25) is 0 Å². The lowest BCUT2D eigenvalue weighted by molar-refractivity contribution is 0.161. The zero-order valence-corrected chi connectivity index (χ0v) is 10.7. The van der Waals surface area contributed by atoms with Gasteiger partial charge in [-0.2, -0.15) is 0 Å². The van der Waals surface area contributed by atoms with Gasteiger partial charge >= 0.3 is 0 Å². The van der Waals surface area contributed by atoms with E-state index in [1.807, 2.05) is 0 Å². The van der Waals surface area contributed by atoms with Gasteiger partial charge in [0.05, 0.1) is 0 Å². The largest absolute Gasteiger partial charge is 0.325 e. The van der Waals surface area contributed by atoms with Gasteiger partial charge in [0, 0.05) is 5.54 Å². The molecule has 2 saturated carbocycles. The maximum atomic E-state index is 6.54. The third kappa shape index (κ3) is 2.22. The molecule has 2 unspecified atom stereocenters. The highest BCUT2D eigenvalue weighted by molar-refractivity contribution is 5.12. The second kappa shape index (κ2) is 3.76. The van der Waals surface area contributed by atoms with Gasteiger partial charge in [0.2, 0.25) is 0 Å². The minimum absolute atomic E-state index is 0.256. The Balaban J connectivity index is 1.87. The summed E-state index contributed by atoms with van der Waals surface area (Å²) in [4.78, 5) is 0. The summed E-state index contributed by atoms with van der Waals surface area (Å²) < 4.78 is 0. The van der Waals surface area contributed by atoms with E-state index in [0.29, 0.717) is 5.41 Å². The molecule has 88 valence electrons. The van der Waals surface area contributed by atoms with Gasteiger partial charge in [0.1, 0.15) is 0 Å². The lowest BCUT2D eigenvalue weighted by Gasteiger charge is -2.37. The average molecular weight is 209 g/mol. The molecule has 1 heteroatoms. The highest BCUT2D eigenvalue weighted by atomic mass is 14.9. The van der Waals surface area contributed by atoms with Crippen molar-refractivity contribution in [1.82, 2.24) is 0 Å². The molecule has 15 heavy (non-hydrogen) atoms. The zero-order chi connectivity index (χ0) is 11.1. The van der Waals surface area contributed by atoms with Crippen molar-refractivity contribution in [1.29, 1.82) is 0 Å². The van der Waals surface area contributed by atoms with Crippen LogP contribution < -0.4 is 5.73 Å². The van der Waals surface area contributed by atoms with Crippen LogP contribution in [0.3, 0.4) is 0 Å². The molecule has 2 N–H and O–H groups in total. The molecular formula is C14H27N. The average Bonchev–Trinajstić information content (AvgIpc) is 2.78. The third-order valence-corrected chi connectivity index (χ3v) is 4.94. The summed E-state index contributed by atoms with van der Waals surface area (Å²) in [5, 5.41) is 0. The Labute approximate surface area is 94.8 Å². The van der Waals surface area contributed by atoms with E-state index >= 15 is 0 Å². The van der Waals surface area contributed by atoms with Crippen molar-refractivity contribution in [3.05, 3.63) is 0 Å². The third-order valence-electron chi connectivity index (χ3n) is 4.94. The molecule has 1 nitrogen and oxygen atoms in total. The standard InChI is InChI=1S/C14H27N/c1-4-5-12-10-14(12,15)11-6-8-13(2,3)9-7-11/h11-12H,4-10,15H2,1-3H3. The van der Waals surface area contributed by atoms with Crippen LogP contribution in [-0.4, -0.2) is 5.54 Å². The van der Waals surface area contributed by atoms with E-state index in [1.165, 1.54) is 44.9 Å². The Morgan fingerprint density at radius 2 is 1.80 bits per heavy atom. The fourth-order valence-electron chi connectivity index (χ4n) is 3.52. The van der Waals surface area contributed by atoms with Crippen LogP contribution in [0.5, 0.6) is 0 Å². The van der Waals surface area contributed by atoms with Crippen LogP contribution in [0.25, 0.3) is 0 Å². The van der Waals surface area contributed by atoms with Crippen LogP contribution >= 0.6 is 0 Å². The number of hydrogen-bond donors (Lipinski definition) is 1. The highest BCUT2D eigenvalue weighted by Gasteiger charge is 2.55. The second-order valence-corrected chi connectivity index (χ2v) is 6.74. The molecule has 0 aromatic rings. The molecule has 2 rings (SSSR count). The summed E-state index contributed by atoms with van der Waals surface area (Å²) in [5.41, 5.74) is 7.38. The Morgan fingerprint density at radius 3 is 2.33 bits per heavy atom. The predicted molar refractivity (Wildman–Crippen MR) is 65.7 cm³/mol. The first kappa shape index (κ1) is 11.4. The van der Waals surface area contributed by atoms with Gasteiger partial charge in [0.25, 0.3) is 0 Å². The van der Waals surface area contributed by atoms with Crippen molar-refractivity contribution in [2.24, 2.45) is 23.0 Å². The van der Waals surface area contributed by atoms with Crippen LogP contribution in [0.4, 0.5) is 0 Å². The lowest BCUT2D eigenvalue weighted by atomic mass is 9.70. The van der Waals surface area contributed by atoms with Crippen LogP contribution in [0, 0.1) is 17.3 Å². The first-order valence-electron chi connectivity index (χ1n) is 6.77. The minimum atomic E-state index is 0.256. The van der Waals surface area contributed by atoms with Crippen molar-refractivity contribution in [3.63, 3.8) is 0 Å². The fraction of sp³-hybridized carbons (Fsp3) is 1.00. The smallest absolute Gasteiger partial charge is 0.0215 e. The summed E-state index contributed by atoms with van der Waals surface area (Å²) in [5.74, 6) is 1.69. The second-order valence-electron chi connectivity index (χ2n) is 6.74. The maximum absolute atomic E-state index is 6.54. The molecule has 0 amide bonds. The molecule has 2 atom stereocenters. The van der Waals surface area contributed by atoms with Gasteiger partial charge < -0.3 is 5.73 Å². The molecule has 2 aliphatic rings. The van der Waals surface area contributed by atoms with Gasteiger partial charge in [-0.1, -0.05) is 27.2 Å². The summed E-state index contributed by atoms with van der Waals surface area (Å²) in [6.45, 7) is 7.09. The van der Waals surface area contributed by atoms with E-state index in [1.54, 1.807) is 0 Å². The van der Waals surface area contributed by atoms with Gasteiger partial charge in [-0.05, 0) is 55.8 Å². The molecule has 0 spiro atoms. The van der Waals surface area contributed by atoms with Crippen molar-refractivity contribution in [3.8, 4) is 0 Å². The Kier molecular flexibility index (Phi) is 2.87. The molecule has 0 heterocycles. The van der Waals surface area contributed by atoms with Crippen LogP contribution in [0.15, 0.2) is 0 Å². The fourth-order valence-corrected chi connectivity index (χ4v) is 3.52. The van der Waals surface area contributed by atoms with Gasteiger partial charge in [0.15, 0.2) is 0 Å². The summed E-state index contributed by atoms with van der Waals surface area (Å²) in [6.07, 6.45) is 9.50. The molecule has 0 radical (unpaired) electrons. The zero-order valence-electron chi connectivity index (χ0n) is 10.7. The first-order valence-corrected chi connectivity index (χ1v) is 6.77. The Hall–Kier alpha value is -0.0400. The van der Waals surface area contributed by atoms with E-state index in [-0.39, 0.29) is 5.54 Å². The highest BCUT2D eigenvalue weighted by Crippen LogP contribution is 2.55. The topological polar surface area (TPSA) is 26.0 Å². The molecule has 0 bridgehead atoms. The molecule has 0 aromatic carbocycles. The molecule has 2 aliphatic carbocycles. The number of nitrogens with two attached hydrogens (primary N) is 1. The summed E-state index contributed by atoms with van der Waals surface area (Å²) in [7, 11) is 0. The van der Waals surface area contributed by atoms with E-state index in [4.69, 9.17) is 5.73 Å². The number of rotatable bonds is 3. The predicted octanol–water partition coefficient (Wildman–Crippen LogP) is 3.72. The molecule has 0 aromatic heterocycles. The SMILES string of the molecule is CCCC1CC1(N)C1CCC(C)(C)CC1. The summed E-state index contributed by atoms with van der Waals surface area (Å²) in [6, 6.07) is 0. The van der Waals surface area contributed by atoms with Crippen molar-refractivity contribution < 1.29 is 0 Å². The molecular weight excluding hydrogens is 182 g/mol. The van der Waals surface area contributed by atoms with E-state index in [0.717, 1.165) is 11.8 Å². The van der Waals surface area contributed by atoms with Crippen molar-refractivity contribution >= 4 is 0 Å². The minimum Gasteiger partial charge on any atom is -0.325 e. The Bertz CT molecular complexity index is 223. The molecule has 0 aliphatic heterocycles. The van der Waals surface area contributed by atoms with Crippen molar-refractivity contribution in [2.75, 3.05) is 0 Å². The maximum Gasteiger partial charge on any atom is 0.0215 e. The van der Waals surface area contributed by atoms with Gasteiger partial charge in [-0.15, -0.1) is 0 Å².